The molecular formula is C14H20O3. The monoisotopic (exact) mass is 236 g/mol. The van der Waals surface area contributed by atoms with Crippen LogP contribution in [0, 0.1) is 0 Å². The Hall–Kier alpha value is -0.900. The summed E-state index contributed by atoms with van der Waals surface area (Å²) in [7, 11) is 0. The lowest BCUT2D eigenvalue weighted by atomic mass is 10.1. The van der Waals surface area contributed by atoms with Gasteiger partial charge < -0.3 is 14.6 Å². The van der Waals surface area contributed by atoms with Crippen molar-refractivity contribution in [1.29, 1.82) is 0 Å². The molecule has 1 fully saturated rings. The maximum Gasteiger partial charge on any atom is 0.192 e. The minimum atomic E-state index is -0.606. The van der Waals surface area contributed by atoms with E-state index < -0.39 is 5.79 Å². The zero-order valence-corrected chi connectivity index (χ0v) is 10.3. The van der Waals surface area contributed by atoms with Gasteiger partial charge in [0.05, 0.1) is 12.7 Å². The molecule has 0 aliphatic carbocycles. The van der Waals surface area contributed by atoms with Crippen LogP contribution < -0.4 is 0 Å². The Balaban J connectivity index is 1.92. The highest BCUT2D eigenvalue weighted by Gasteiger charge is 2.38. The maximum absolute atomic E-state index is 8.75. The van der Waals surface area contributed by atoms with Crippen molar-refractivity contribution in [3.63, 3.8) is 0 Å². The number of rotatable bonds is 5. The number of hydrogen-bond acceptors (Lipinski definition) is 3. The fourth-order valence-corrected chi connectivity index (χ4v) is 2.16. The molecule has 0 aromatic heterocycles. The van der Waals surface area contributed by atoms with Gasteiger partial charge in [0.15, 0.2) is 5.79 Å². The molecule has 1 aliphatic heterocycles. The molecule has 0 spiro atoms. The van der Waals surface area contributed by atoms with E-state index in [0.717, 1.165) is 24.8 Å². The Morgan fingerprint density at radius 1 is 1.29 bits per heavy atom. The second-order valence-electron chi connectivity index (χ2n) is 4.58. The number of aliphatic hydroxyl groups is 1. The van der Waals surface area contributed by atoms with Crippen LogP contribution in [0.5, 0.6) is 0 Å². The fourth-order valence-electron chi connectivity index (χ4n) is 2.16. The second-order valence-corrected chi connectivity index (χ2v) is 4.58. The van der Waals surface area contributed by atoms with Crippen LogP contribution in [0.4, 0.5) is 0 Å². The summed E-state index contributed by atoms with van der Waals surface area (Å²) in [4.78, 5) is 0. The van der Waals surface area contributed by atoms with Crippen LogP contribution in [0.2, 0.25) is 0 Å². The van der Waals surface area contributed by atoms with E-state index in [1.165, 1.54) is 0 Å². The third-order valence-corrected chi connectivity index (χ3v) is 3.17. The second kappa shape index (κ2) is 5.63. The van der Waals surface area contributed by atoms with Gasteiger partial charge in [-0.1, -0.05) is 30.3 Å². The molecule has 1 aliphatic rings. The summed E-state index contributed by atoms with van der Waals surface area (Å²) in [6.45, 7) is 2.86. The summed E-state index contributed by atoms with van der Waals surface area (Å²) in [5.41, 5.74) is 1.06. The number of ether oxygens (including phenoxy) is 2. The molecule has 0 radical (unpaired) electrons. The van der Waals surface area contributed by atoms with Gasteiger partial charge in [-0.2, -0.15) is 0 Å². The lowest BCUT2D eigenvalue weighted by Crippen LogP contribution is -2.23. The number of benzene rings is 1. The molecule has 1 N–H and O–H groups in total. The average Bonchev–Trinajstić information content (AvgIpc) is 2.74. The Bertz CT molecular complexity index is 339. The molecule has 17 heavy (non-hydrogen) atoms. The van der Waals surface area contributed by atoms with Crippen molar-refractivity contribution in [2.45, 2.75) is 38.1 Å². The van der Waals surface area contributed by atoms with E-state index in [1.54, 1.807) is 0 Å². The predicted molar refractivity (Wildman–Crippen MR) is 65.6 cm³/mol. The quantitative estimate of drug-likeness (QED) is 0.798. The van der Waals surface area contributed by atoms with Crippen molar-refractivity contribution in [2.75, 3.05) is 13.2 Å². The average molecular weight is 236 g/mol. The molecule has 2 unspecified atom stereocenters. The summed E-state index contributed by atoms with van der Waals surface area (Å²) < 4.78 is 11.8. The first-order valence-electron chi connectivity index (χ1n) is 6.23. The molecule has 0 amide bonds. The van der Waals surface area contributed by atoms with E-state index in [2.05, 4.69) is 0 Å². The van der Waals surface area contributed by atoms with Crippen molar-refractivity contribution in [3.8, 4) is 0 Å². The van der Waals surface area contributed by atoms with Crippen LogP contribution in [-0.4, -0.2) is 24.4 Å². The summed E-state index contributed by atoms with van der Waals surface area (Å²) in [6, 6.07) is 10.0. The largest absolute Gasteiger partial charge is 0.396 e. The molecule has 3 nitrogen and oxygen atoms in total. The van der Waals surface area contributed by atoms with Gasteiger partial charge in [0, 0.05) is 12.2 Å². The van der Waals surface area contributed by atoms with Gasteiger partial charge in [-0.25, -0.2) is 0 Å². The lowest BCUT2D eigenvalue weighted by molar-refractivity contribution is -0.162. The first kappa shape index (κ1) is 12.6. The van der Waals surface area contributed by atoms with Crippen LogP contribution in [0.3, 0.4) is 0 Å². The van der Waals surface area contributed by atoms with Gasteiger partial charge in [0.25, 0.3) is 0 Å². The number of hydrogen-bond donors (Lipinski definition) is 1. The molecular weight excluding hydrogens is 216 g/mol. The third-order valence-electron chi connectivity index (χ3n) is 3.17. The minimum absolute atomic E-state index is 0.145. The fraction of sp³-hybridized carbons (Fsp3) is 0.571. The Morgan fingerprint density at radius 3 is 2.76 bits per heavy atom. The first-order valence-corrected chi connectivity index (χ1v) is 6.23. The van der Waals surface area contributed by atoms with Crippen molar-refractivity contribution in [1.82, 2.24) is 0 Å². The molecule has 3 heteroatoms. The highest BCUT2D eigenvalue weighted by molar-refractivity contribution is 5.20. The molecule has 0 bridgehead atoms. The van der Waals surface area contributed by atoms with Crippen molar-refractivity contribution >= 4 is 0 Å². The molecule has 1 aromatic carbocycles. The van der Waals surface area contributed by atoms with Crippen LogP contribution >= 0.6 is 0 Å². The van der Waals surface area contributed by atoms with E-state index in [1.807, 2.05) is 37.3 Å². The van der Waals surface area contributed by atoms with Crippen LogP contribution in [0.15, 0.2) is 30.3 Å². The maximum atomic E-state index is 8.75. The van der Waals surface area contributed by atoms with Gasteiger partial charge in [0.2, 0.25) is 0 Å². The molecule has 2 atom stereocenters. The van der Waals surface area contributed by atoms with E-state index in [9.17, 15) is 0 Å². The molecule has 0 saturated carbocycles. The minimum Gasteiger partial charge on any atom is -0.396 e. The SMILES string of the molecule is CC1(c2ccccc2)OCC(CCCCO)O1. The number of aliphatic hydroxyl groups excluding tert-OH is 1. The molecule has 2 rings (SSSR count). The van der Waals surface area contributed by atoms with Crippen LogP contribution in [0.1, 0.15) is 31.7 Å². The Labute approximate surface area is 102 Å². The zero-order valence-electron chi connectivity index (χ0n) is 10.3. The zero-order chi connectivity index (χ0) is 12.1. The van der Waals surface area contributed by atoms with Crippen molar-refractivity contribution in [2.24, 2.45) is 0 Å². The van der Waals surface area contributed by atoms with Crippen molar-refractivity contribution < 1.29 is 14.6 Å². The highest BCUT2D eigenvalue weighted by atomic mass is 16.7. The highest BCUT2D eigenvalue weighted by Crippen LogP contribution is 2.34. The van der Waals surface area contributed by atoms with Gasteiger partial charge in [-0.3, -0.25) is 0 Å². The standard InChI is InChI=1S/C14H20O3/c1-14(12-7-3-2-4-8-12)16-11-13(17-14)9-5-6-10-15/h2-4,7-8,13,15H,5-6,9-11H2,1H3. The molecule has 1 saturated heterocycles. The number of unbranched alkanes of at least 4 members (excludes halogenated alkanes) is 1. The van der Waals surface area contributed by atoms with Crippen molar-refractivity contribution in [3.05, 3.63) is 35.9 Å². The van der Waals surface area contributed by atoms with E-state index in [0.29, 0.717) is 6.61 Å². The summed E-state index contributed by atoms with van der Waals surface area (Å²) in [5.74, 6) is -0.606. The first-order chi connectivity index (χ1) is 8.24. The van der Waals surface area contributed by atoms with E-state index >= 15 is 0 Å². The van der Waals surface area contributed by atoms with E-state index in [-0.39, 0.29) is 12.7 Å². The topological polar surface area (TPSA) is 38.7 Å². The summed E-state index contributed by atoms with van der Waals surface area (Å²) >= 11 is 0. The lowest BCUT2D eigenvalue weighted by Gasteiger charge is -2.23. The van der Waals surface area contributed by atoms with Gasteiger partial charge >= 0.3 is 0 Å². The van der Waals surface area contributed by atoms with Gasteiger partial charge in [-0.05, 0) is 26.2 Å². The van der Waals surface area contributed by atoms with Crippen LogP contribution in [-0.2, 0) is 15.3 Å². The van der Waals surface area contributed by atoms with Gasteiger partial charge in [0.1, 0.15) is 0 Å². The smallest absolute Gasteiger partial charge is 0.192 e. The van der Waals surface area contributed by atoms with Gasteiger partial charge in [-0.15, -0.1) is 0 Å². The van der Waals surface area contributed by atoms with Crippen LogP contribution in [0.25, 0.3) is 0 Å². The molecule has 94 valence electrons. The molecule has 1 aromatic rings. The Kier molecular flexibility index (Phi) is 4.15. The third kappa shape index (κ3) is 3.06. The predicted octanol–water partition coefficient (Wildman–Crippen LogP) is 2.44. The Morgan fingerprint density at radius 2 is 2.06 bits per heavy atom. The summed E-state index contributed by atoms with van der Waals surface area (Å²) in [5, 5.41) is 8.75. The molecule has 1 heterocycles. The van der Waals surface area contributed by atoms with E-state index in [4.69, 9.17) is 14.6 Å². The normalized spacial score (nSPS) is 28.5. The summed E-state index contributed by atoms with van der Waals surface area (Å²) in [6.07, 6.45) is 2.91.